The average Bonchev–Trinajstić information content (AvgIpc) is 2.78. The Hall–Kier alpha value is -3.06. The van der Waals surface area contributed by atoms with Crippen molar-refractivity contribution in [2.45, 2.75) is 26.7 Å². The summed E-state index contributed by atoms with van der Waals surface area (Å²) in [5, 5.41) is 2.98. The summed E-state index contributed by atoms with van der Waals surface area (Å²) in [6.45, 7) is 7.13. The van der Waals surface area contributed by atoms with Crippen molar-refractivity contribution in [2.75, 3.05) is 50.2 Å². The van der Waals surface area contributed by atoms with Gasteiger partial charge in [0.05, 0.1) is 26.9 Å². The van der Waals surface area contributed by atoms with E-state index < -0.39 is 0 Å². The highest BCUT2D eigenvalue weighted by Gasteiger charge is 2.13. The van der Waals surface area contributed by atoms with E-state index in [9.17, 15) is 9.59 Å². The Kier molecular flexibility index (Phi) is 7.89. The molecule has 2 aromatic carbocycles. The molecule has 1 heterocycles. The van der Waals surface area contributed by atoms with Crippen LogP contribution in [0.2, 0.25) is 0 Å². The standard InChI is InChI=1S/C24H30N2O5/c1-17-15-20(26-10-13-30-14-11-26)7-8-21(17)25-24(28)5-4-12-31-22-9-6-19(18(2)27)16-23(22)29-3/h6-9,15-16H,4-5,10-14H2,1-3H3,(H,25,28). The van der Waals surface area contributed by atoms with Crippen molar-refractivity contribution >= 4 is 23.1 Å². The molecule has 7 heteroatoms. The maximum Gasteiger partial charge on any atom is 0.224 e. The number of benzene rings is 2. The van der Waals surface area contributed by atoms with E-state index in [4.69, 9.17) is 14.2 Å². The Morgan fingerprint density at radius 1 is 1.10 bits per heavy atom. The minimum atomic E-state index is -0.0512. The summed E-state index contributed by atoms with van der Waals surface area (Å²) in [4.78, 5) is 26.1. The van der Waals surface area contributed by atoms with E-state index in [1.165, 1.54) is 14.0 Å². The molecule has 1 saturated heterocycles. The largest absolute Gasteiger partial charge is 0.493 e. The second-order valence-electron chi connectivity index (χ2n) is 7.52. The van der Waals surface area contributed by atoms with E-state index in [1.807, 2.05) is 19.1 Å². The normalized spacial score (nSPS) is 13.6. The first-order valence-electron chi connectivity index (χ1n) is 10.5. The monoisotopic (exact) mass is 426 g/mol. The number of anilines is 2. The highest BCUT2D eigenvalue weighted by Crippen LogP contribution is 2.28. The van der Waals surface area contributed by atoms with Crippen LogP contribution >= 0.6 is 0 Å². The summed E-state index contributed by atoms with van der Waals surface area (Å²) < 4.78 is 16.4. The van der Waals surface area contributed by atoms with Crippen LogP contribution in [-0.4, -0.2) is 51.7 Å². The molecule has 0 atom stereocenters. The Morgan fingerprint density at radius 3 is 2.55 bits per heavy atom. The number of aryl methyl sites for hydroxylation is 1. The molecule has 0 unspecified atom stereocenters. The summed E-state index contributed by atoms with van der Waals surface area (Å²) >= 11 is 0. The number of hydrogen-bond acceptors (Lipinski definition) is 6. The van der Waals surface area contributed by atoms with E-state index in [0.717, 1.165) is 43.2 Å². The van der Waals surface area contributed by atoms with Crippen molar-refractivity contribution in [3.63, 3.8) is 0 Å². The molecule has 0 aromatic heterocycles. The van der Waals surface area contributed by atoms with Gasteiger partial charge in [0.2, 0.25) is 5.91 Å². The van der Waals surface area contributed by atoms with Crippen molar-refractivity contribution in [3.8, 4) is 11.5 Å². The van der Waals surface area contributed by atoms with Gasteiger partial charge in [-0.3, -0.25) is 9.59 Å². The lowest BCUT2D eigenvalue weighted by Gasteiger charge is -2.29. The number of rotatable bonds is 9. The number of amides is 1. The van der Waals surface area contributed by atoms with Gasteiger partial charge in [-0.25, -0.2) is 0 Å². The van der Waals surface area contributed by atoms with E-state index in [0.29, 0.717) is 36.5 Å². The smallest absolute Gasteiger partial charge is 0.224 e. The Labute approximate surface area is 183 Å². The van der Waals surface area contributed by atoms with Crippen LogP contribution in [0.5, 0.6) is 11.5 Å². The lowest BCUT2D eigenvalue weighted by Crippen LogP contribution is -2.36. The minimum Gasteiger partial charge on any atom is -0.493 e. The number of hydrogen-bond donors (Lipinski definition) is 1. The van der Waals surface area contributed by atoms with Gasteiger partial charge < -0.3 is 24.4 Å². The first kappa shape index (κ1) is 22.6. The van der Waals surface area contributed by atoms with Gasteiger partial charge >= 0.3 is 0 Å². The maximum absolute atomic E-state index is 12.3. The molecular formula is C24H30N2O5. The maximum atomic E-state index is 12.3. The molecular weight excluding hydrogens is 396 g/mol. The van der Waals surface area contributed by atoms with Crippen molar-refractivity contribution in [1.29, 1.82) is 0 Å². The molecule has 7 nitrogen and oxygen atoms in total. The van der Waals surface area contributed by atoms with Crippen LogP contribution in [-0.2, 0) is 9.53 Å². The first-order chi connectivity index (χ1) is 15.0. The van der Waals surface area contributed by atoms with Gasteiger partial charge in [0.25, 0.3) is 0 Å². The molecule has 0 saturated carbocycles. The quantitative estimate of drug-likeness (QED) is 0.485. The van der Waals surface area contributed by atoms with E-state index in [1.54, 1.807) is 18.2 Å². The molecule has 1 aliphatic heterocycles. The predicted molar refractivity (Wildman–Crippen MR) is 121 cm³/mol. The topological polar surface area (TPSA) is 77.1 Å². The van der Waals surface area contributed by atoms with Crippen molar-refractivity contribution in [1.82, 2.24) is 0 Å². The SMILES string of the molecule is COc1cc(C(C)=O)ccc1OCCCC(=O)Nc1ccc(N2CCOCC2)cc1C. The van der Waals surface area contributed by atoms with Crippen LogP contribution in [0.4, 0.5) is 11.4 Å². The van der Waals surface area contributed by atoms with Gasteiger partial charge in [-0.2, -0.15) is 0 Å². The fourth-order valence-corrected chi connectivity index (χ4v) is 3.44. The van der Waals surface area contributed by atoms with Crippen molar-refractivity contribution in [3.05, 3.63) is 47.5 Å². The zero-order valence-electron chi connectivity index (χ0n) is 18.4. The van der Waals surface area contributed by atoms with Gasteiger partial charge in [-0.1, -0.05) is 0 Å². The number of nitrogens with zero attached hydrogens (tertiary/aromatic N) is 1. The van der Waals surface area contributed by atoms with Crippen LogP contribution in [0, 0.1) is 6.92 Å². The number of carbonyl (C=O) groups is 2. The molecule has 0 spiro atoms. The number of ether oxygens (including phenoxy) is 3. The molecule has 0 aliphatic carbocycles. The number of morpholine rings is 1. The molecule has 31 heavy (non-hydrogen) atoms. The average molecular weight is 427 g/mol. The second-order valence-corrected chi connectivity index (χ2v) is 7.52. The molecule has 1 aliphatic rings. The third-order valence-electron chi connectivity index (χ3n) is 5.24. The van der Waals surface area contributed by atoms with Crippen LogP contribution < -0.4 is 19.7 Å². The van der Waals surface area contributed by atoms with E-state index in [-0.39, 0.29) is 11.7 Å². The highest BCUT2D eigenvalue weighted by molar-refractivity contribution is 5.94. The predicted octanol–water partition coefficient (Wildman–Crippen LogP) is 3.84. The number of nitrogens with one attached hydrogen (secondary N) is 1. The fraction of sp³-hybridized carbons (Fsp3) is 0.417. The zero-order chi connectivity index (χ0) is 22.2. The molecule has 0 radical (unpaired) electrons. The summed E-state index contributed by atoms with van der Waals surface area (Å²) in [5.41, 5.74) is 3.57. The third kappa shape index (κ3) is 6.21. The first-order valence-corrected chi connectivity index (χ1v) is 10.5. The Bertz CT molecular complexity index is 922. The highest BCUT2D eigenvalue weighted by atomic mass is 16.5. The summed E-state index contributed by atoms with van der Waals surface area (Å²) in [7, 11) is 1.53. The molecule has 1 amide bonds. The third-order valence-corrected chi connectivity index (χ3v) is 5.24. The zero-order valence-corrected chi connectivity index (χ0v) is 18.4. The summed E-state index contributed by atoms with van der Waals surface area (Å²) in [6, 6.07) is 11.2. The lowest BCUT2D eigenvalue weighted by atomic mass is 10.1. The van der Waals surface area contributed by atoms with Gasteiger partial charge in [0.1, 0.15) is 0 Å². The van der Waals surface area contributed by atoms with Gasteiger partial charge in [-0.15, -0.1) is 0 Å². The molecule has 1 N–H and O–H groups in total. The van der Waals surface area contributed by atoms with E-state index >= 15 is 0 Å². The Morgan fingerprint density at radius 2 is 1.87 bits per heavy atom. The van der Waals surface area contributed by atoms with Crippen molar-refractivity contribution < 1.29 is 23.8 Å². The van der Waals surface area contributed by atoms with Crippen LogP contribution in [0.3, 0.4) is 0 Å². The Balaban J connectivity index is 1.47. The summed E-state index contributed by atoms with van der Waals surface area (Å²) in [6.07, 6.45) is 0.910. The molecule has 3 rings (SSSR count). The molecule has 2 aromatic rings. The van der Waals surface area contributed by atoms with Crippen LogP contribution in [0.1, 0.15) is 35.7 Å². The van der Waals surface area contributed by atoms with E-state index in [2.05, 4.69) is 16.3 Å². The number of methoxy groups -OCH3 is 1. The summed E-state index contributed by atoms with van der Waals surface area (Å²) in [5.74, 6) is 0.982. The van der Waals surface area contributed by atoms with Gasteiger partial charge in [-0.05, 0) is 62.2 Å². The number of carbonyl (C=O) groups excluding carboxylic acids is 2. The molecule has 0 bridgehead atoms. The number of Topliss-reactive ketones (excluding diaryl/α,β-unsaturated/α-hetero) is 1. The number of ketones is 1. The van der Waals surface area contributed by atoms with Crippen LogP contribution in [0.25, 0.3) is 0 Å². The fourth-order valence-electron chi connectivity index (χ4n) is 3.44. The van der Waals surface area contributed by atoms with Gasteiger partial charge in [0.15, 0.2) is 17.3 Å². The lowest BCUT2D eigenvalue weighted by molar-refractivity contribution is -0.116. The molecule has 1 fully saturated rings. The van der Waals surface area contributed by atoms with Crippen LogP contribution in [0.15, 0.2) is 36.4 Å². The van der Waals surface area contributed by atoms with Gasteiger partial charge in [0, 0.05) is 36.4 Å². The van der Waals surface area contributed by atoms with Crippen molar-refractivity contribution in [2.24, 2.45) is 0 Å². The molecule has 166 valence electrons. The minimum absolute atomic E-state index is 0.0326. The second kappa shape index (κ2) is 10.8.